The van der Waals surface area contributed by atoms with Gasteiger partial charge in [0, 0.05) is 11.1 Å². The molecule has 1 unspecified atom stereocenters. The molecule has 2 aliphatic rings. The van der Waals surface area contributed by atoms with Gasteiger partial charge in [-0.15, -0.1) is 0 Å². The van der Waals surface area contributed by atoms with E-state index >= 15 is 0 Å². The molecule has 2 aromatic heterocycles. The summed E-state index contributed by atoms with van der Waals surface area (Å²) in [5.41, 5.74) is -1.78. The van der Waals surface area contributed by atoms with Gasteiger partial charge in [-0.1, -0.05) is 6.92 Å². The number of aliphatic hydroxyl groups is 1. The van der Waals surface area contributed by atoms with Crippen molar-refractivity contribution in [3.8, 4) is 17.1 Å². The lowest BCUT2D eigenvalue weighted by molar-refractivity contribution is -0.383. The third-order valence-corrected chi connectivity index (χ3v) is 8.36. The van der Waals surface area contributed by atoms with E-state index in [-0.39, 0.29) is 41.6 Å². The maximum Gasteiger partial charge on any atom is 0.343 e. The molecule has 0 saturated heterocycles. The molecule has 204 valence electrons. The number of nitrogens with zero attached hydrogens (tertiary/aromatic N) is 3. The number of halogens is 1. The van der Waals surface area contributed by atoms with E-state index in [1.54, 1.807) is 6.92 Å². The van der Waals surface area contributed by atoms with E-state index in [0.29, 0.717) is 17.0 Å². The molecule has 0 radical (unpaired) electrons. The summed E-state index contributed by atoms with van der Waals surface area (Å²) in [5, 5.41) is 23.1. The Morgan fingerprint density at radius 1 is 1.20 bits per heavy atom. The molecule has 0 aliphatic carbocycles. The van der Waals surface area contributed by atoms with Gasteiger partial charge in [-0.3, -0.25) is 14.9 Å². The molecule has 14 heteroatoms. The Bertz CT molecular complexity index is 1960. The van der Waals surface area contributed by atoms with Gasteiger partial charge in [0.2, 0.25) is 5.75 Å². The summed E-state index contributed by atoms with van der Waals surface area (Å²) < 4.78 is 50.3. The van der Waals surface area contributed by atoms with E-state index in [0.717, 1.165) is 30.3 Å². The number of nitro groups is 1. The number of nitro benzene ring substituents is 1. The number of carbonyl (C=O) groups excluding carboxylic acids is 1. The Morgan fingerprint density at radius 2 is 1.93 bits per heavy atom. The van der Waals surface area contributed by atoms with E-state index in [9.17, 15) is 37.6 Å². The highest BCUT2D eigenvalue weighted by Gasteiger charge is 2.45. The average molecular weight is 568 g/mol. The van der Waals surface area contributed by atoms with Crippen molar-refractivity contribution in [1.29, 1.82) is 0 Å². The Balaban J connectivity index is 1.50. The number of pyridine rings is 2. The molecular weight excluding hydrogens is 549 g/mol. The first-order valence-electron chi connectivity index (χ1n) is 11.9. The lowest BCUT2D eigenvalue weighted by Crippen LogP contribution is -2.44. The fourth-order valence-electron chi connectivity index (χ4n) is 5.04. The van der Waals surface area contributed by atoms with Crippen LogP contribution >= 0.6 is 0 Å². The zero-order chi connectivity index (χ0) is 28.6. The van der Waals surface area contributed by atoms with Gasteiger partial charge in [0.1, 0.15) is 17.3 Å². The van der Waals surface area contributed by atoms with E-state index in [2.05, 4.69) is 4.98 Å². The van der Waals surface area contributed by atoms with Crippen molar-refractivity contribution in [2.75, 3.05) is 0 Å². The molecule has 0 fully saturated rings. The third-order valence-electron chi connectivity index (χ3n) is 7.11. The van der Waals surface area contributed by atoms with Gasteiger partial charge in [-0.25, -0.2) is 14.2 Å². The van der Waals surface area contributed by atoms with Gasteiger partial charge in [0.25, 0.3) is 5.56 Å². The molecule has 6 rings (SSSR count). The molecule has 4 aromatic rings. The van der Waals surface area contributed by atoms with Crippen LogP contribution in [0.3, 0.4) is 0 Å². The topological polar surface area (TPSA) is 168 Å². The second-order valence-electron chi connectivity index (χ2n) is 9.33. The number of hydrogen-bond donors (Lipinski definition) is 1. The van der Waals surface area contributed by atoms with Crippen LogP contribution in [0.15, 0.2) is 58.2 Å². The van der Waals surface area contributed by atoms with E-state index in [1.807, 2.05) is 0 Å². The summed E-state index contributed by atoms with van der Waals surface area (Å²) in [4.78, 5) is 41.1. The average Bonchev–Trinajstić information content (AvgIpc) is 3.27. The van der Waals surface area contributed by atoms with E-state index < -0.39 is 54.3 Å². The highest BCUT2D eigenvalue weighted by molar-refractivity contribution is 7.87. The van der Waals surface area contributed by atoms with Gasteiger partial charge >= 0.3 is 21.8 Å². The van der Waals surface area contributed by atoms with Crippen molar-refractivity contribution in [3.05, 3.63) is 91.5 Å². The van der Waals surface area contributed by atoms with Crippen LogP contribution < -0.4 is 9.74 Å². The predicted octanol–water partition coefficient (Wildman–Crippen LogP) is 2.89. The van der Waals surface area contributed by atoms with Crippen LogP contribution in [-0.2, 0) is 38.4 Å². The summed E-state index contributed by atoms with van der Waals surface area (Å²) in [5.74, 6) is -2.11. The minimum atomic E-state index is -4.54. The largest absolute Gasteiger partial charge is 0.458 e. The van der Waals surface area contributed by atoms with E-state index in [4.69, 9.17) is 8.92 Å². The minimum Gasteiger partial charge on any atom is -0.458 e. The molecule has 1 atom stereocenters. The molecule has 2 aliphatic heterocycles. The summed E-state index contributed by atoms with van der Waals surface area (Å²) >= 11 is 0. The number of ether oxygens (including phenoxy) is 1. The number of fused-ring (bicyclic) bond motifs is 5. The summed E-state index contributed by atoms with van der Waals surface area (Å²) in [6.07, 6.45) is -0.0322. The standard InChI is InChI=1S/C26H18FN3O9S/c1-2-26(33)18-10-20-22-13(11-29(20)24(31)17(18)12-38-25(26)32)9-16-19(28-22)7-8-21(23(16)30(34)35)39-40(36,37)15-5-3-14(27)4-6-15/h3-10,33H,2,11-12H2,1H3. The van der Waals surface area contributed by atoms with Crippen LogP contribution in [0.4, 0.5) is 10.1 Å². The lowest BCUT2D eigenvalue weighted by Gasteiger charge is -2.31. The lowest BCUT2D eigenvalue weighted by atomic mass is 9.86. The van der Waals surface area contributed by atoms with Crippen LogP contribution in [0.5, 0.6) is 5.75 Å². The first kappa shape index (κ1) is 25.6. The van der Waals surface area contributed by atoms with Crippen molar-refractivity contribution < 1.29 is 36.6 Å². The highest BCUT2D eigenvalue weighted by atomic mass is 32.2. The van der Waals surface area contributed by atoms with E-state index in [1.165, 1.54) is 22.8 Å². The maximum atomic E-state index is 13.3. The van der Waals surface area contributed by atoms with Crippen LogP contribution in [0.1, 0.15) is 30.0 Å². The monoisotopic (exact) mass is 567 g/mol. The zero-order valence-corrected chi connectivity index (χ0v) is 21.4. The quantitative estimate of drug-likeness (QED) is 0.144. The van der Waals surface area contributed by atoms with Gasteiger partial charge in [0.05, 0.1) is 39.3 Å². The minimum absolute atomic E-state index is 0.0195. The predicted molar refractivity (Wildman–Crippen MR) is 135 cm³/mol. The SMILES string of the molecule is CCC1(O)C(=O)OCc2c1cc1n(c2=O)Cc2cc3c([N+](=O)[O-])c(OS(=O)(=O)c4ccc(F)cc4)ccc3nc2-1. The van der Waals surface area contributed by atoms with Gasteiger partial charge < -0.3 is 18.6 Å². The second kappa shape index (κ2) is 8.66. The normalized spacial score (nSPS) is 17.6. The van der Waals surface area contributed by atoms with Crippen molar-refractivity contribution in [3.63, 3.8) is 0 Å². The summed E-state index contributed by atoms with van der Waals surface area (Å²) in [7, 11) is -4.54. The Kier molecular flexibility index (Phi) is 5.54. The van der Waals surface area contributed by atoms with Crippen LogP contribution in [0.25, 0.3) is 22.3 Å². The second-order valence-corrected chi connectivity index (χ2v) is 10.9. The van der Waals surface area contributed by atoms with Crippen molar-refractivity contribution >= 4 is 32.7 Å². The molecule has 0 bridgehead atoms. The van der Waals surface area contributed by atoms with Gasteiger partial charge in [0.15, 0.2) is 5.60 Å². The first-order chi connectivity index (χ1) is 18.9. The fraction of sp³-hybridized carbons (Fsp3) is 0.192. The van der Waals surface area contributed by atoms with Crippen LogP contribution in [-0.4, -0.2) is 34.0 Å². The zero-order valence-electron chi connectivity index (χ0n) is 20.6. The number of benzene rings is 2. The molecule has 4 heterocycles. The molecule has 40 heavy (non-hydrogen) atoms. The third kappa shape index (κ3) is 3.67. The molecule has 12 nitrogen and oxygen atoms in total. The van der Waals surface area contributed by atoms with Crippen LogP contribution in [0, 0.1) is 15.9 Å². The summed E-state index contributed by atoms with van der Waals surface area (Å²) in [6, 6.07) is 9.12. The highest BCUT2D eigenvalue weighted by Crippen LogP contribution is 2.42. The van der Waals surface area contributed by atoms with Crippen molar-refractivity contribution in [2.45, 2.75) is 37.0 Å². The molecule has 0 spiro atoms. The Morgan fingerprint density at radius 3 is 2.60 bits per heavy atom. The smallest absolute Gasteiger partial charge is 0.343 e. The van der Waals surface area contributed by atoms with Gasteiger partial charge in [-0.2, -0.15) is 8.42 Å². The number of carbonyl (C=O) groups is 1. The number of esters is 1. The van der Waals surface area contributed by atoms with Crippen molar-refractivity contribution in [1.82, 2.24) is 9.55 Å². The first-order valence-corrected chi connectivity index (χ1v) is 13.3. The molecule has 2 aromatic carbocycles. The number of hydrogen-bond acceptors (Lipinski definition) is 10. The molecular formula is C26H18FN3O9S. The number of aromatic nitrogens is 2. The summed E-state index contributed by atoms with van der Waals surface area (Å²) in [6.45, 7) is 1.25. The maximum absolute atomic E-state index is 13.3. The fourth-order valence-corrected chi connectivity index (χ4v) is 5.98. The van der Waals surface area contributed by atoms with Gasteiger partial charge in [-0.05, 0) is 55.0 Å². The number of cyclic esters (lactones) is 1. The Hall–Kier alpha value is -4.69. The Labute approximate surface area is 224 Å². The molecule has 0 amide bonds. The van der Waals surface area contributed by atoms with Crippen LogP contribution in [0.2, 0.25) is 0 Å². The molecule has 1 N–H and O–H groups in total. The number of rotatable bonds is 5. The molecule has 0 saturated carbocycles. The van der Waals surface area contributed by atoms with Crippen molar-refractivity contribution in [2.24, 2.45) is 0 Å².